The number of rotatable bonds is 8. The van der Waals surface area contributed by atoms with Crippen molar-refractivity contribution in [3.05, 3.63) is 29.8 Å². The Morgan fingerprint density at radius 3 is 2.39 bits per heavy atom. The van der Waals surface area contributed by atoms with E-state index in [0.29, 0.717) is 5.92 Å². The summed E-state index contributed by atoms with van der Waals surface area (Å²) in [6.45, 7) is 7.31. The van der Waals surface area contributed by atoms with E-state index in [2.05, 4.69) is 31.1 Å². The van der Waals surface area contributed by atoms with E-state index in [9.17, 15) is 4.39 Å². The number of pyridine rings is 1. The minimum atomic E-state index is -0.194. The molecule has 0 aliphatic rings. The van der Waals surface area contributed by atoms with Crippen LogP contribution >= 0.6 is 0 Å². The zero-order valence-electron chi connectivity index (χ0n) is 11.7. The van der Waals surface area contributed by atoms with Crippen LogP contribution in [0.25, 0.3) is 0 Å². The Labute approximate surface area is 110 Å². The lowest BCUT2D eigenvalue weighted by Gasteiger charge is -2.28. The van der Waals surface area contributed by atoms with E-state index in [-0.39, 0.29) is 11.9 Å². The van der Waals surface area contributed by atoms with Gasteiger partial charge in [-0.15, -0.1) is 0 Å². The first-order valence-corrected chi connectivity index (χ1v) is 7.07. The maximum Gasteiger partial charge on any atom is 0.146 e. The Bertz CT molecular complexity index is 335. The van der Waals surface area contributed by atoms with Crippen LogP contribution in [0.3, 0.4) is 0 Å². The summed E-state index contributed by atoms with van der Waals surface area (Å²) < 4.78 is 13.9. The summed E-state index contributed by atoms with van der Waals surface area (Å²) >= 11 is 0. The highest BCUT2D eigenvalue weighted by Crippen LogP contribution is 2.30. The van der Waals surface area contributed by atoms with E-state index in [0.717, 1.165) is 37.8 Å². The van der Waals surface area contributed by atoms with Crippen molar-refractivity contribution in [2.24, 2.45) is 5.92 Å². The van der Waals surface area contributed by atoms with Gasteiger partial charge in [0.15, 0.2) is 0 Å². The molecule has 0 amide bonds. The van der Waals surface area contributed by atoms with E-state index in [1.165, 1.54) is 6.20 Å². The monoisotopic (exact) mass is 252 g/mol. The smallest absolute Gasteiger partial charge is 0.146 e. The maximum absolute atomic E-state index is 13.9. The lowest BCUT2D eigenvalue weighted by Crippen LogP contribution is -2.29. The van der Waals surface area contributed by atoms with E-state index in [4.69, 9.17) is 0 Å². The molecule has 1 heterocycles. The normalized spacial score (nSPS) is 12.9. The fourth-order valence-corrected chi connectivity index (χ4v) is 2.61. The molecule has 102 valence electrons. The summed E-state index contributed by atoms with van der Waals surface area (Å²) in [6, 6.07) is 1.92. The zero-order valence-corrected chi connectivity index (χ0v) is 11.7. The van der Waals surface area contributed by atoms with Crippen LogP contribution in [-0.4, -0.2) is 11.5 Å². The van der Waals surface area contributed by atoms with Crippen molar-refractivity contribution in [3.63, 3.8) is 0 Å². The van der Waals surface area contributed by atoms with Crippen molar-refractivity contribution in [3.8, 4) is 0 Å². The molecule has 3 heteroatoms. The largest absolute Gasteiger partial charge is 0.310 e. The van der Waals surface area contributed by atoms with Crippen LogP contribution in [0.4, 0.5) is 4.39 Å². The summed E-state index contributed by atoms with van der Waals surface area (Å²) in [5.41, 5.74) is 0.763. The minimum Gasteiger partial charge on any atom is -0.310 e. The molecule has 0 saturated heterocycles. The Balaban J connectivity index is 2.95. The Morgan fingerprint density at radius 2 is 1.89 bits per heavy atom. The number of halogens is 1. The topological polar surface area (TPSA) is 24.9 Å². The van der Waals surface area contributed by atoms with Gasteiger partial charge in [0.2, 0.25) is 0 Å². The van der Waals surface area contributed by atoms with Crippen molar-refractivity contribution in [1.29, 1.82) is 0 Å². The average Bonchev–Trinajstić information content (AvgIpc) is 2.37. The molecule has 0 fully saturated rings. The van der Waals surface area contributed by atoms with E-state index in [1.807, 2.05) is 0 Å². The van der Waals surface area contributed by atoms with Crippen LogP contribution in [0.2, 0.25) is 0 Å². The summed E-state index contributed by atoms with van der Waals surface area (Å²) in [6.07, 6.45) is 7.53. The predicted octanol–water partition coefficient (Wildman–Crippen LogP) is 4.09. The van der Waals surface area contributed by atoms with Crippen LogP contribution in [-0.2, 0) is 0 Å². The van der Waals surface area contributed by atoms with E-state index < -0.39 is 0 Å². The molecular weight excluding hydrogens is 227 g/mol. The van der Waals surface area contributed by atoms with Gasteiger partial charge in [-0.25, -0.2) is 4.39 Å². The van der Waals surface area contributed by atoms with Gasteiger partial charge in [0.25, 0.3) is 0 Å². The van der Waals surface area contributed by atoms with Crippen molar-refractivity contribution in [2.75, 3.05) is 6.54 Å². The molecule has 1 atom stereocenters. The molecule has 0 saturated carbocycles. The molecule has 1 aromatic rings. The fraction of sp³-hybridized carbons (Fsp3) is 0.667. The molecule has 0 radical (unpaired) electrons. The second-order valence-corrected chi connectivity index (χ2v) is 4.77. The Hall–Kier alpha value is -0.960. The zero-order chi connectivity index (χ0) is 13.4. The third-order valence-corrected chi connectivity index (χ3v) is 3.35. The average molecular weight is 252 g/mol. The number of nitrogens with zero attached hydrogens (tertiary/aromatic N) is 1. The third-order valence-electron chi connectivity index (χ3n) is 3.35. The lowest BCUT2D eigenvalue weighted by atomic mass is 9.86. The number of hydrogen-bond acceptors (Lipinski definition) is 2. The molecule has 1 unspecified atom stereocenters. The first kappa shape index (κ1) is 15.1. The van der Waals surface area contributed by atoms with Gasteiger partial charge in [-0.1, -0.05) is 33.6 Å². The first-order chi connectivity index (χ1) is 8.74. The highest BCUT2D eigenvalue weighted by Gasteiger charge is 2.23. The first-order valence-electron chi connectivity index (χ1n) is 7.07. The fourth-order valence-electron chi connectivity index (χ4n) is 2.61. The molecule has 0 aliphatic heterocycles. The van der Waals surface area contributed by atoms with Crippen LogP contribution in [0, 0.1) is 11.7 Å². The predicted molar refractivity (Wildman–Crippen MR) is 73.9 cm³/mol. The van der Waals surface area contributed by atoms with E-state index in [1.54, 1.807) is 12.3 Å². The lowest BCUT2D eigenvalue weighted by molar-refractivity contribution is 0.313. The molecule has 18 heavy (non-hydrogen) atoms. The van der Waals surface area contributed by atoms with Gasteiger partial charge in [-0.05, 0) is 31.4 Å². The second kappa shape index (κ2) is 8.20. The highest BCUT2D eigenvalue weighted by molar-refractivity contribution is 5.18. The number of hydrogen-bond donors (Lipinski definition) is 1. The number of aromatic nitrogens is 1. The van der Waals surface area contributed by atoms with Crippen molar-refractivity contribution >= 4 is 0 Å². The van der Waals surface area contributed by atoms with Crippen LogP contribution in [0.15, 0.2) is 18.5 Å². The maximum atomic E-state index is 13.9. The van der Waals surface area contributed by atoms with Gasteiger partial charge in [0.05, 0.1) is 6.20 Å². The third kappa shape index (κ3) is 4.05. The van der Waals surface area contributed by atoms with Crippen LogP contribution in [0.5, 0.6) is 0 Å². The molecule has 0 spiro atoms. The summed E-state index contributed by atoms with van der Waals surface area (Å²) in [4.78, 5) is 3.84. The van der Waals surface area contributed by atoms with Gasteiger partial charge >= 0.3 is 0 Å². The van der Waals surface area contributed by atoms with Gasteiger partial charge in [-0.2, -0.15) is 0 Å². The molecule has 0 aliphatic carbocycles. The van der Waals surface area contributed by atoms with Gasteiger partial charge in [0, 0.05) is 17.8 Å². The molecule has 1 rings (SSSR count). The second-order valence-electron chi connectivity index (χ2n) is 4.77. The molecule has 2 nitrogen and oxygen atoms in total. The highest BCUT2D eigenvalue weighted by atomic mass is 19.1. The Morgan fingerprint density at radius 1 is 1.22 bits per heavy atom. The van der Waals surface area contributed by atoms with Gasteiger partial charge < -0.3 is 5.32 Å². The van der Waals surface area contributed by atoms with Crippen molar-refractivity contribution in [2.45, 2.75) is 52.5 Å². The summed E-state index contributed by atoms with van der Waals surface area (Å²) in [5, 5.41) is 3.44. The SMILES string of the molecule is CCCC(CCC)C(NCC)c1ccncc1F. The van der Waals surface area contributed by atoms with Gasteiger partial charge in [-0.3, -0.25) is 4.98 Å². The molecule has 1 aromatic heterocycles. The number of nitrogens with one attached hydrogen (secondary N) is 1. The van der Waals surface area contributed by atoms with Gasteiger partial charge in [0.1, 0.15) is 5.82 Å². The minimum absolute atomic E-state index is 0.109. The van der Waals surface area contributed by atoms with Crippen LogP contribution < -0.4 is 5.32 Å². The summed E-state index contributed by atoms with van der Waals surface area (Å²) in [7, 11) is 0. The van der Waals surface area contributed by atoms with Crippen molar-refractivity contribution < 1.29 is 4.39 Å². The molecule has 0 bridgehead atoms. The summed E-state index contributed by atoms with van der Waals surface area (Å²) in [5.74, 6) is 0.303. The van der Waals surface area contributed by atoms with Crippen LogP contribution in [0.1, 0.15) is 58.1 Å². The molecular formula is C15H25FN2. The standard InChI is InChI=1S/C15H25FN2/c1-4-7-12(8-5-2)15(18-6-3)13-9-10-17-11-14(13)16/h9-12,15,18H,4-8H2,1-3H3. The van der Waals surface area contributed by atoms with Crippen molar-refractivity contribution in [1.82, 2.24) is 10.3 Å². The molecule has 1 N–H and O–H groups in total. The van der Waals surface area contributed by atoms with E-state index >= 15 is 0 Å². The quantitative estimate of drug-likeness (QED) is 0.754. The molecule has 0 aromatic carbocycles. The Kier molecular flexibility index (Phi) is 6.88.